The van der Waals surface area contributed by atoms with Crippen LogP contribution in [-0.2, 0) is 4.74 Å². The molecule has 35 heavy (non-hydrogen) atoms. The van der Waals surface area contributed by atoms with Crippen LogP contribution in [0.4, 0.5) is 4.39 Å². The SMILES string of the molecule is COCC(c1ccccn1)[C@H](CO)NC(=O)c1cccc(Cl)c1-c1cc(-c2ccc(F)cc2)[nH]n1. The largest absolute Gasteiger partial charge is 0.394 e. The molecule has 2 heterocycles. The Morgan fingerprint density at radius 3 is 2.66 bits per heavy atom. The van der Waals surface area contributed by atoms with Crippen LogP contribution in [0.3, 0.4) is 0 Å². The Hall–Kier alpha value is -3.59. The van der Waals surface area contributed by atoms with E-state index in [1.165, 1.54) is 12.1 Å². The van der Waals surface area contributed by atoms with Gasteiger partial charge in [0.15, 0.2) is 0 Å². The topological polar surface area (TPSA) is 100 Å². The lowest BCUT2D eigenvalue weighted by Crippen LogP contribution is -2.43. The molecule has 0 radical (unpaired) electrons. The summed E-state index contributed by atoms with van der Waals surface area (Å²) in [6.45, 7) is -0.0608. The Bertz CT molecular complexity index is 1280. The van der Waals surface area contributed by atoms with E-state index in [9.17, 15) is 14.3 Å². The standard InChI is InChI=1S/C26H24ClFN4O3/c1-35-15-19(21-7-2-3-12-29-21)24(14-33)30-26(34)18-5-4-6-20(27)25(18)23-13-22(31-32-23)16-8-10-17(28)11-9-16/h2-13,19,24,33H,14-15H2,1H3,(H,30,34)(H,31,32)/t19?,24-/m0/s1. The molecule has 0 spiro atoms. The van der Waals surface area contributed by atoms with Gasteiger partial charge in [-0.15, -0.1) is 0 Å². The molecule has 2 aromatic carbocycles. The third kappa shape index (κ3) is 5.57. The molecular formula is C26H24ClFN4O3. The summed E-state index contributed by atoms with van der Waals surface area (Å²) in [5.41, 5.74) is 3.27. The number of pyridine rings is 1. The molecular weight excluding hydrogens is 471 g/mol. The smallest absolute Gasteiger partial charge is 0.252 e. The second kappa shape index (κ2) is 11.2. The lowest BCUT2D eigenvalue weighted by Gasteiger charge is -2.26. The molecule has 1 unspecified atom stereocenters. The van der Waals surface area contributed by atoms with Crippen LogP contribution in [0.15, 0.2) is 72.9 Å². The van der Waals surface area contributed by atoms with Crippen molar-refractivity contribution in [3.8, 4) is 22.5 Å². The summed E-state index contributed by atoms with van der Waals surface area (Å²) >= 11 is 6.50. The van der Waals surface area contributed by atoms with Crippen LogP contribution >= 0.6 is 11.6 Å². The second-order valence-electron chi connectivity index (χ2n) is 7.92. The minimum Gasteiger partial charge on any atom is -0.394 e. The summed E-state index contributed by atoms with van der Waals surface area (Å²) < 4.78 is 18.6. The van der Waals surface area contributed by atoms with E-state index in [-0.39, 0.29) is 24.9 Å². The normalized spacial score (nSPS) is 12.8. The van der Waals surface area contributed by atoms with E-state index in [1.807, 2.05) is 12.1 Å². The van der Waals surface area contributed by atoms with Gasteiger partial charge in [0.1, 0.15) is 5.82 Å². The number of amides is 1. The Morgan fingerprint density at radius 1 is 1.17 bits per heavy atom. The molecule has 3 N–H and O–H groups in total. The van der Waals surface area contributed by atoms with Crippen molar-refractivity contribution in [3.05, 3.63) is 95.0 Å². The second-order valence-corrected chi connectivity index (χ2v) is 8.32. The first-order valence-corrected chi connectivity index (χ1v) is 11.3. The van der Waals surface area contributed by atoms with E-state index in [4.69, 9.17) is 16.3 Å². The molecule has 4 aromatic rings. The number of benzene rings is 2. The zero-order valence-electron chi connectivity index (χ0n) is 18.9. The maximum Gasteiger partial charge on any atom is 0.252 e. The number of aliphatic hydroxyl groups is 1. The molecule has 9 heteroatoms. The first-order chi connectivity index (χ1) is 17.0. The van der Waals surface area contributed by atoms with E-state index in [0.717, 1.165) is 5.56 Å². The molecule has 4 rings (SSSR count). The summed E-state index contributed by atoms with van der Waals surface area (Å²) in [5, 5.41) is 20.6. The predicted octanol–water partition coefficient (Wildman–Crippen LogP) is 4.45. The number of nitrogens with zero attached hydrogens (tertiary/aromatic N) is 2. The van der Waals surface area contributed by atoms with Gasteiger partial charge in [0.2, 0.25) is 0 Å². The van der Waals surface area contributed by atoms with Crippen molar-refractivity contribution in [1.29, 1.82) is 0 Å². The molecule has 2 aromatic heterocycles. The summed E-state index contributed by atoms with van der Waals surface area (Å²) in [6.07, 6.45) is 1.65. The third-order valence-electron chi connectivity index (χ3n) is 5.66. The highest BCUT2D eigenvalue weighted by Crippen LogP contribution is 2.33. The third-order valence-corrected chi connectivity index (χ3v) is 5.98. The number of nitrogens with one attached hydrogen (secondary N) is 2. The van der Waals surface area contributed by atoms with Crippen LogP contribution < -0.4 is 5.32 Å². The Labute approximate surface area is 206 Å². The van der Waals surface area contributed by atoms with E-state index in [0.29, 0.717) is 33.2 Å². The number of methoxy groups -OCH3 is 1. The first kappa shape index (κ1) is 24.5. The molecule has 0 aliphatic rings. The number of ether oxygens (including phenoxy) is 1. The number of hydrogen-bond donors (Lipinski definition) is 3. The average molecular weight is 495 g/mol. The molecule has 180 valence electrons. The van der Waals surface area contributed by atoms with Crippen LogP contribution in [0.5, 0.6) is 0 Å². The number of carbonyl (C=O) groups excluding carboxylic acids is 1. The summed E-state index contributed by atoms with van der Waals surface area (Å²) in [6, 6.07) is 17.5. The summed E-state index contributed by atoms with van der Waals surface area (Å²) in [5.74, 6) is -1.13. The highest BCUT2D eigenvalue weighted by atomic mass is 35.5. The van der Waals surface area contributed by atoms with Crippen LogP contribution in [-0.4, -0.2) is 52.6 Å². The van der Waals surface area contributed by atoms with Crippen molar-refractivity contribution in [2.45, 2.75) is 12.0 Å². The number of aromatic nitrogens is 3. The monoisotopic (exact) mass is 494 g/mol. The van der Waals surface area contributed by atoms with Crippen LogP contribution in [0, 0.1) is 5.82 Å². The van der Waals surface area contributed by atoms with Crippen molar-refractivity contribution < 1.29 is 19.0 Å². The number of halogens is 2. The zero-order chi connectivity index (χ0) is 24.8. The molecule has 0 fully saturated rings. The number of rotatable bonds is 9. The van der Waals surface area contributed by atoms with Gasteiger partial charge in [0.25, 0.3) is 5.91 Å². The number of hydrogen-bond acceptors (Lipinski definition) is 5. The number of aliphatic hydroxyl groups excluding tert-OH is 1. The minimum atomic E-state index is -0.654. The van der Waals surface area contributed by atoms with Gasteiger partial charge in [-0.1, -0.05) is 23.7 Å². The van der Waals surface area contributed by atoms with Crippen molar-refractivity contribution in [3.63, 3.8) is 0 Å². The Balaban J connectivity index is 1.64. The van der Waals surface area contributed by atoms with Gasteiger partial charge in [-0.05, 0) is 60.2 Å². The van der Waals surface area contributed by atoms with Gasteiger partial charge in [0, 0.05) is 30.5 Å². The van der Waals surface area contributed by atoms with Crippen molar-refractivity contribution in [2.75, 3.05) is 20.3 Å². The molecule has 0 saturated heterocycles. The van der Waals surface area contributed by atoms with E-state index >= 15 is 0 Å². The number of aromatic amines is 1. The van der Waals surface area contributed by atoms with E-state index < -0.39 is 11.9 Å². The van der Waals surface area contributed by atoms with Crippen LogP contribution in [0.1, 0.15) is 22.0 Å². The fraction of sp³-hybridized carbons (Fsp3) is 0.192. The maximum absolute atomic E-state index is 13.4. The molecule has 0 saturated carbocycles. The lowest BCUT2D eigenvalue weighted by atomic mass is 9.95. The molecule has 0 aliphatic carbocycles. The van der Waals surface area contributed by atoms with Crippen molar-refractivity contribution in [1.82, 2.24) is 20.5 Å². The van der Waals surface area contributed by atoms with Gasteiger partial charge in [-0.25, -0.2) is 4.39 Å². The first-order valence-electron chi connectivity index (χ1n) is 10.9. The van der Waals surface area contributed by atoms with Gasteiger partial charge in [0.05, 0.1) is 41.2 Å². The van der Waals surface area contributed by atoms with Gasteiger partial charge in [-0.3, -0.25) is 14.9 Å². The van der Waals surface area contributed by atoms with Crippen molar-refractivity contribution >= 4 is 17.5 Å². The number of H-pyrrole nitrogens is 1. The predicted molar refractivity (Wildman–Crippen MR) is 132 cm³/mol. The number of carbonyl (C=O) groups is 1. The molecule has 0 bridgehead atoms. The fourth-order valence-electron chi connectivity index (χ4n) is 3.90. The van der Waals surface area contributed by atoms with E-state index in [1.54, 1.807) is 55.8 Å². The Morgan fingerprint density at radius 2 is 1.97 bits per heavy atom. The van der Waals surface area contributed by atoms with Crippen LogP contribution in [0.25, 0.3) is 22.5 Å². The molecule has 1 amide bonds. The van der Waals surface area contributed by atoms with Crippen molar-refractivity contribution in [2.24, 2.45) is 0 Å². The lowest BCUT2D eigenvalue weighted by molar-refractivity contribution is 0.0869. The van der Waals surface area contributed by atoms with E-state index in [2.05, 4.69) is 20.5 Å². The zero-order valence-corrected chi connectivity index (χ0v) is 19.7. The molecule has 7 nitrogen and oxygen atoms in total. The van der Waals surface area contributed by atoms with Gasteiger partial charge in [-0.2, -0.15) is 5.10 Å². The minimum absolute atomic E-state index is 0.255. The Kier molecular flexibility index (Phi) is 7.87. The van der Waals surface area contributed by atoms with Gasteiger partial charge < -0.3 is 15.2 Å². The summed E-state index contributed by atoms with van der Waals surface area (Å²) in [7, 11) is 1.55. The molecule has 0 aliphatic heterocycles. The average Bonchev–Trinajstić information content (AvgIpc) is 3.36. The fourth-order valence-corrected chi connectivity index (χ4v) is 4.17. The quantitative estimate of drug-likeness (QED) is 0.319. The highest BCUT2D eigenvalue weighted by Gasteiger charge is 2.27. The van der Waals surface area contributed by atoms with Gasteiger partial charge >= 0.3 is 0 Å². The van der Waals surface area contributed by atoms with Crippen LogP contribution in [0.2, 0.25) is 5.02 Å². The highest BCUT2D eigenvalue weighted by molar-refractivity contribution is 6.34. The maximum atomic E-state index is 13.4. The summed E-state index contributed by atoms with van der Waals surface area (Å²) in [4.78, 5) is 17.8. The molecule has 2 atom stereocenters.